The summed E-state index contributed by atoms with van der Waals surface area (Å²) in [6, 6.07) is 9.51. The van der Waals surface area contributed by atoms with Gasteiger partial charge >= 0.3 is 0 Å². The molecule has 6 heteroatoms. The highest BCUT2D eigenvalue weighted by molar-refractivity contribution is 8.04. The number of fused-ring (bicyclic) bond motifs is 1. The number of carbonyl (C=O) groups excluding carboxylic acids is 2. The lowest BCUT2D eigenvalue weighted by Gasteiger charge is -2.16. The molecule has 0 bridgehead atoms. The Balaban J connectivity index is 1.92. The second-order valence-electron chi connectivity index (χ2n) is 5.06. The molecule has 5 nitrogen and oxygen atoms in total. The summed E-state index contributed by atoms with van der Waals surface area (Å²) in [7, 11) is 0. The summed E-state index contributed by atoms with van der Waals surface area (Å²) in [6.07, 6.45) is 1.19. The third-order valence-corrected chi connectivity index (χ3v) is 4.51. The summed E-state index contributed by atoms with van der Waals surface area (Å²) in [6.45, 7) is 2.45. The number of hydrogen-bond acceptors (Lipinski definition) is 6. The summed E-state index contributed by atoms with van der Waals surface area (Å²) in [5.74, 6) is -0.917. The van der Waals surface area contributed by atoms with Gasteiger partial charge in [-0.1, -0.05) is 11.8 Å². The second-order valence-corrected chi connectivity index (χ2v) is 6.18. The molecule has 2 aromatic carbocycles. The number of Topliss-reactive ketones (excluding diaryl/α,β-unsaturated/α-hetero) is 1. The Bertz CT molecular complexity index is 852. The number of phenolic OH excluding ortho intramolecular Hbond substituents is 2. The molecule has 0 amide bonds. The van der Waals surface area contributed by atoms with Crippen LogP contribution in [0.5, 0.6) is 17.2 Å². The van der Waals surface area contributed by atoms with Crippen LogP contribution in [0.25, 0.3) is 0 Å². The highest BCUT2D eigenvalue weighted by Gasteiger charge is 2.31. The average Bonchev–Trinajstić information content (AvgIpc) is 2.56. The first-order valence-corrected chi connectivity index (χ1v) is 8.09. The van der Waals surface area contributed by atoms with E-state index in [1.165, 1.54) is 18.2 Å². The molecule has 0 atom stereocenters. The molecule has 0 saturated carbocycles. The number of thioether (sulfide) groups is 1. The van der Waals surface area contributed by atoms with E-state index in [0.717, 1.165) is 22.4 Å². The van der Waals surface area contributed by atoms with Crippen LogP contribution in [0, 0.1) is 0 Å². The lowest BCUT2D eigenvalue weighted by Crippen LogP contribution is -2.16. The zero-order valence-electron chi connectivity index (χ0n) is 12.8. The van der Waals surface area contributed by atoms with E-state index >= 15 is 0 Å². The van der Waals surface area contributed by atoms with Crippen molar-refractivity contribution in [2.45, 2.75) is 11.8 Å². The Hall–Kier alpha value is -2.73. The number of carbonyl (C=O) groups is 2. The number of allylic oxidation sites excluding steroid dienone is 2. The maximum atomic E-state index is 12.6. The number of rotatable bonds is 4. The molecule has 0 fully saturated rings. The highest BCUT2D eigenvalue weighted by atomic mass is 32.2. The fraction of sp³-hybridized carbons (Fsp3) is 0.111. The van der Waals surface area contributed by atoms with Crippen LogP contribution in [0.4, 0.5) is 0 Å². The minimum atomic E-state index is -0.508. The van der Waals surface area contributed by atoms with Crippen LogP contribution in [-0.4, -0.2) is 28.4 Å². The van der Waals surface area contributed by atoms with Crippen molar-refractivity contribution >= 4 is 23.3 Å². The molecule has 24 heavy (non-hydrogen) atoms. The molecular formula is C18H14O5S. The number of hydrogen-bond donors (Lipinski definition) is 2. The first-order chi connectivity index (χ1) is 11.5. The third-order valence-electron chi connectivity index (χ3n) is 3.48. The van der Waals surface area contributed by atoms with Crippen molar-refractivity contribution in [2.24, 2.45) is 0 Å². The van der Waals surface area contributed by atoms with Gasteiger partial charge < -0.3 is 14.9 Å². The van der Waals surface area contributed by atoms with Crippen LogP contribution < -0.4 is 4.74 Å². The number of benzene rings is 2. The van der Waals surface area contributed by atoms with Gasteiger partial charge in [0.1, 0.15) is 17.2 Å². The van der Waals surface area contributed by atoms with Crippen molar-refractivity contribution in [3.8, 4) is 17.2 Å². The molecule has 0 saturated heterocycles. The van der Waals surface area contributed by atoms with Crippen molar-refractivity contribution in [1.82, 2.24) is 0 Å². The van der Waals surface area contributed by atoms with Gasteiger partial charge in [-0.15, -0.1) is 0 Å². The largest absolute Gasteiger partial charge is 0.507 e. The molecule has 122 valence electrons. The van der Waals surface area contributed by atoms with Crippen LogP contribution in [0.3, 0.4) is 0 Å². The van der Waals surface area contributed by atoms with Gasteiger partial charge in [0.05, 0.1) is 22.6 Å². The van der Waals surface area contributed by atoms with Crippen molar-refractivity contribution in [3.05, 3.63) is 58.5 Å². The molecule has 1 aliphatic rings. The van der Waals surface area contributed by atoms with Gasteiger partial charge in [0, 0.05) is 11.0 Å². The quantitative estimate of drug-likeness (QED) is 0.827. The lowest BCUT2D eigenvalue weighted by molar-refractivity contribution is 0.0986. The molecule has 0 aromatic heterocycles. The van der Waals surface area contributed by atoms with Crippen LogP contribution in [-0.2, 0) is 0 Å². The topological polar surface area (TPSA) is 83.8 Å². The second kappa shape index (κ2) is 6.41. The van der Waals surface area contributed by atoms with E-state index in [4.69, 9.17) is 4.74 Å². The predicted molar refractivity (Wildman–Crippen MR) is 90.0 cm³/mol. The number of ether oxygens (including phenoxy) is 1. The molecule has 2 aromatic rings. The summed E-state index contributed by atoms with van der Waals surface area (Å²) in [5, 5.41) is 19.7. The highest BCUT2D eigenvalue weighted by Crippen LogP contribution is 2.39. The number of aromatic hydroxyl groups is 2. The van der Waals surface area contributed by atoms with Gasteiger partial charge in [-0.3, -0.25) is 9.59 Å². The lowest BCUT2D eigenvalue weighted by atomic mass is 9.93. The van der Waals surface area contributed by atoms with Crippen LogP contribution in [0.2, 0.25) is 0 Å². The minimum absolute atomic E-state index is 0.156. The smallest absolute Gasteiger partial charge is 0.204 e. The van der Waals surface area contributed by atoms with E-state index in [1.54, 1.807) is 24.3 Å². The number of phenols is 2. The van der Waals surface area contributed by atoms with Crippen LogP contribution in [0.1, 0.15) is 27.6 Å². The molecule has 1 aliphatic carbocycles. The minimum Gasteiger partial charge on any atom is -0.507 e. The summed E-state index contributed by atoms with van der Waals surface area (Å²) in [4.78, 5) is 25.7. The predicted octanol–water partition coefficient (Wildman–Crippen LogP) is 3.55. The van der Waals surface area contributed by atoms with Gasteiger partial charge in [-0.05, 0) is 43.3 Å². The average molecular weight is 342 g/mol. The summed E-state index contributed by atoms with van der Waals surface area (Å²) in [5.41, 5.74) is -0.313. The zero-order chi connectivity index (χ0) is 17.3. The summed E-state index contributed by atoms with van der Waals surface area (Å²) < 4.78 is 5.36. The van der Waals surface area contributed by atoms with Gasteiger partial charge in [-0.25, -0.2) is 0 Å². The molecule has 3 rings (SSSR count). The Kier molecular flexibility index (Phi) is 4.31. The summed E-state index contributed by atoms with van der Waals surface area (Å²) >= 11 is 1.12. The van der Waals surface area contributed by atoms with Gasteiger partial charge in [0.15, 0.2) is 5.78 Å². The fourth-order valence-corrected chi connectivity index (χ4v) is 3.30. The maximum Gasteiger partial charge on any atom is 0.204 e. The van der Waals surface area contributed by atoms with Crippen molar-refractivity contribution in [3.63, 3.8) is 0 Å². The molecule has 0 heterocycles. The molecular weight excluding hydrogens is 328 g/mol. The van der Waals surface area contributed by atoms with Crippen LogP contribution in [0.15, 0.2) is 52.3 Å². The third kappa shape index (κ3) is 2.88. The van der Waals surface area contributed by atoms with Gasteiger partial charge in [0.25, 0.3) is 0 Å². The Morgan fingerprint density at radius 1 is 0.958 bits per heavy atom. The first-order valence-electron chi connectivity index (χ1n) is 7.27. The van der Waals surface area contributed by atoms with Gasteiger partial charge in [0.2, 0.25) is 5.78 Å². The van der Waals surface area contributed by atoms with Crippen molar-refractivity contribution in [1.29, 1.82) is 0 Å². The monoisotopic (exact) mass is 342 g/mol. The van der Waals surface area contributed by atoms with Gasteiger partial charge in [-0.2, -0.15) is 0 Å². The zero-order valence-corrected chi connectivity index (χ0v) is 13.6. The van der Waals surface area contributed by atoms with E-state index in [-0.39, 0.29) is 27.5 Å². The van der Waals surface area contributed by atoms with E-state index in [0.29, 0.717) is 6.61 Å². The first kappa shape index (κ1) is 16.1. The SMILES string of the molecule is CCOc1ccc(SC2=CC(=O)c3c(O)ccc(O)c3C2=O)cc1. The standard InChI is InChI=1S/C18H14O5S/c1-2-23-10-3-5-11(6-4-10)24-15-9-14(21)16-12(19)7-8-13(20)17(16)18(15)22/h3-9,19-20H,2H2,1H3. The van der Waals surface area contributed by atoms with E-state index in [1.807, 2.05) is 6.92 Å². The Morgan fingerprint density at radius 3 is 2.21 bits per heavy atom. The normalized spacial score (nSPS) is 13.5. The Labute approximate surface area is 142 Å². The molecule has 2 N–H and O–H groups in total. The van der Waals surface area contributed by atoms with Crippen LogP contribution >= 0.6 is 11.8 Å². The molecule has 0 aliphatic heterocycles. The van der Waals surface area contributed by atoms with Crippen molar-refractivity contribution in [2.75, 3.05) is 6.61 Å². The Morgan fingerprint density at radius 2 is 1.58 bits per heavy atom. The van der Waals surface area contributed by atoms with E-state index < -0.39 is 11.6 Å². The molecule has 0 spiro atoms. The van der Waals surface area contributed by atoms with Crippen molar-refractivity contribution < 1.29 is 24.5 Å². The molecule has 0 radical (unpaired) electrons. The fourth-order valence-electron chi connectivity index (χ4n) is 2.41. The number of ketones is 2. The van der Waals surface area contributed by atoms with E-state index in [9.17, 15) is 19.8 Å². The maximum absolute atomic E-state index is 12.6. The van der Waals surface area contributed by atoms with E-state index in [2.05, 4.69) is 0 Å². The molecule has 0 unspecified atom stereocenters.